The summed E-state index contributed by atoms with van der Waals surface area (Å²) in [7, 11) is 0. The highest BCUT2D eigenvalue weighted by Gasteiger charge is 2.11. The zero-order valence-electron chi connectivity index (χ0n) is 11.4. The van der Waals surface area contributed by atoms with Crippen molar-refractivity contribution in [2.24, 2.45) is 5.73 Å². The Balaban J connectivity index is 2.23. The lowest BCUT2D eigenvalue weighted by atomic mass is 10.2. The van der Waals surface area contributed by atoms with Crippen molar-refractivity contribution in [3.05, 3.63) is 53.7 Å². The third-order valence-corrected chi connectivity index (χ3v) is 2.90. The number of hydrogen-bond donors (Lipinski definition) is 2. The van der Waals surface area contributed by atoms with Gasteiger partial charge in [-0.15, -0.1) is 0 Å². The Hall–Kier alpha value is -2.56. The second-order valence-electron chi connectivity index (χ2n) is 4.70. The zero-order chi connectivity index (χ0) is 14.5. The van der Waals surface area contributed by atoms with Crippen LogP contribution in [-0.4, -0.2) is 17.4 Å². The van der Waals surface area contributed by atoms with Crippen molar-refractivity contribution in [1.82, 2.24) is 4.98 Å². The van der Waals surface area contributed by atoms with Gasteiger partial charge >= 0.3 is 0 Å². The molecule has 0 aliphatic rings. The van der Waals surface area contributed by atoms with E-state index in [4.69, 9.17) is 11.5 Å². The average molecular weight is 270 g/mol. The molecule has 0 aliphatic carbocycles. The van der Waals surface area contributed by atoms with Gasteiger partial charge in [0.1, 0.15) is 5.82 Å². The van der Waals surface area contributed by atoms with Crippen LogP contribution in [0.15, 0.2) is 42.5 Å². The zero-order valence-corrected chi connectivity index (χ0v) is 11.4. The van der Waals surface area contributed by atoms with Gasteiger partial charge in [0.05, 0.1) is 6.54 Å². The van der Waals surface area contributed by atoms with Gasteiger partial charge in [-0.25, -0.2) is 4.98 Å². The largest absolute Gasteiger partial charge is 0.399 e. The van der Waals surface area contributed by atoms with Gasteiger partial charge in [0.2, 0.25) is 5.91 Å². The summed E-state index contributed by atoms with van der Waals surface area (Å²) >= 11 is 0. The lowest BCUT2D eigenvalue weighted by Gasteiger charge is -2.22. The second-order valence-corrected chi connectivity index (χ2v) is 4.70. The monoisotopic (exact) mass is 270 g/mol. The molecule has 0 fully saturated rings. The summed E-state index contributed by atoms with van der Waals surface area (Å²) in [5, 5.41) is 0. The molecule has 4 N–H and O–H groups in total. The standard InChI is InChI=1S/C15H18N4O/c1-11-3-2-4-15(18-11)19(10-14(17)20)9-12-5-7-13(16)8-6-12/h2-8H,9-10,16H2,1H3,(H2,17,20). The third-order valence-electron chi connectivity index (χ3n) is 2.90. The molecule has 0 unspecified atom stereocenters. The first-order valence-electron chi connectivity index (χ1n) is 6.36. The smallest absolute Gasteiger partial charge is 0.237 e. The Morgan fingerprint density at radius 3 is 2.50 bits per heavy atom. The molecule has 20 heavy (non-hydrogen) atoms. The molecule has 0 saturated carbocycles. The van der Waals surface area contributed by atoms with Crippen LogP contribution in [0.2, 0.25) is 0 Å². The molecule has 0 bridgehead atoms. The number of nitrogens with two attached hydrogens (primary N) is 2. The summed E-state index contributed by atoms with van der Waals surface area (Å²) in [5.74, 6) is 0.351. The van der Waals surface area contributed by atoms with Crippen molar-refractivity contribution in [2.75, 3.05) is 17.2 Å². The molecule has 1 heterocycles. The van der Waals surface area contributed by atoms with Crippen LogP contribution in [0.1, 0.15) is 11.3 Å². The number of anilines is 2. The van der Waals surface area contributed by atoms with E-state index < -0.39 is 0 Å². The maximum absolute atomic E-state index is 11.2. The predicted molar refractivity (Wildman–Crippen MR) is 80.1 cm³/mol. The number of hydrogen-bond acceptors (Lipinski definition) is 4. The number of nitrogen functional groups attached to an aromatic ring is 1. The molecule has 0 radical (unpaired) electrons. The van der Waals surface area contributed by atoms with E-state index in [1.165, 1.54) is 0 Å². The number of benzene rings is 1. The molecule has 2 aromatic rings. The van der Waals surface area contributed by atoms with E-state index >= 15 is 0 Å². The van der Waals surface area contributed by atoms with E-state index in [0.717, 1.165) is 17.1 Å². The first-order valence-corrected chi connectivity index (χ1v) is 6.36. The van der Waals surface area contributed by atoms with Gasteiger partial charge in [0.25, 0.3) is 0 Å². The molecule has 0 aliphatic heterocycles. The lowest BCUT2D eigenvalue weighted by Crippen LogP contribution is -2.34. The van der Waals surface area contributed by atoms with E-state index in [9.17, 15) is 4.79 Å². The van der Waals surface area contributed by atoms with Gasteiger partial charge in [-0.05, 0) is 36.8 Å². The first kappa shape index (κ1) is 13.9. The van der Waals surface area contributed by atoms with Crippen molar-refractivity contribution in [1.29, 1.82) is 0 Å². The Morgan fingerprint density at radius 2 is 1.90 bits per heavy atom. The molecule has 5 nitrogen and oxygen atoms in total. The summed E-state index contributed by atoms with van der Waals surface area (Å²) in [6.07, 6.45) is 0. The molecule has 0 saturated heterocycles. The fraction of sp³-hybridized carbons (Fsp3) is 0.200. The number of nitrogens with zero attached hydrogens (tertiary/aromatic N) is 2. The van der Waals surface area contributed by atoms with E-state index in [2.05, 4.69) is 4.98 Å². The molecule has 5 heteroatoms. The highest BCUT2D eigenvalue weighted by Crippen LogP contribution is 2.15. The quantitative estimate of drug-likeness (QED) is 0.805. The number of pyridine rings is 1. The van der Waals surface area contributed by atoms with Crippen LogP contribution in [0.25, 0.3) is 0 Å². The van der Waals surface area contributed by atoms with Gasteiger partial charge in [0, 0.05) is 17.9 Å². The fourth-order valence-electron chi connectivity index (χ4n) is 1.95. The Morgan fingerprint density at radius 1 is 1.20 bits per heavy atom. The molecule has 2 rings (SSSR count). The highest BCUT2D eigenvalue weighted by molar-refractivity contribution is 5.79. The topological polar surface area (TPSA) is 85.2 Å². The van der Waals surface area contributed by atoms with Crippen LogP contribution in [0.3, 0.4) is 0 Å². The van der Waals surface area contributed by atoms with Crippen LogP contribution >= 0.6 is 0 Å². The number of carbonyl (C=O) groups is 1. The van der Waals surface area contributed by atoms with Gasteiger partial charge in [-0.2, -0.15) is 0 Å². The van der Waals surface area contributed by atoms with Crippen LogP contribution < -0.4 is 16.4 Å². The molecule has 1 amide bonds. The highest BCUT2D eigenvalue weighted by atomic mass is 16.1. The van der Waals surface area contributed by atoms with Crippen molar-refractivity contribution < 1.29 is 4.79 Å². The van der Waals surface area contributed by atoms with Crippen LogP contribution in [0, 0.1) is 6.92 Å². The maximum Gasteiger partial charge on any atom is 0.237 e. The van der Waals surface area contributed by atoms with Crippen LogP contribution in [0.4, 0.5) is 11.5 Å². The van der Waals surface area contributed by atoms with Gasteiger partial charge in [-0.1, -0.05) is 18.2 Å². The molecule has 1 aromatic carbocycles. The maximum atomic E-state index is 11.2. The lowest BCUT2D eigenvalue weighted by molar-refractivity contribution is -0.116. The number of primary amides is 1. The van der Waals surface area contributed by atoms with E-state index in [0.29, 0.717) is 12.2 Å². The number of amides is 1. The van der Waals surface area contributed by atoms with Crippen molar-refractivity contribution in [3.63, 3.8) is 0 Å². The minimum absolute atomic E-state index is 0.126. The predicted octanol–water partition coefficient (Wildman–Crippen LogP) is 1.46. The Kier molecular flexibility index (Phi) is 4.20. The van der Waals surface area contributed by atoms with E-state index in [1.54, 1.807) is 0 Å². The Labute approximate surface area is 118 Å². The number of aryl methyl sites for hydroxylation is 1. The molecular weight excluding hydrogens is 252 g/mol. The molecule has 1 aromatic heterocycles. The second kappa shape index (κ2) is 6.06. The van der Waals surface area contributed by atoms with Gasteiger partial charge in [-0.3, -0.25) is 4.79 Å². The summed E-state index contributed by atoms with van der Waals surface area (Å²) < 4.78 is 0. The number of aromatic nitrogens is 1. The molecule has 0 atom stereocenters. The first-order chi connectivity index (χ1) is 9.54. The minimum atomic E-state index is -0.385. The van der Waals surface area contributed by atoms with Crippen LogP contribution in [0.5, 0.6) is 0 Å². The van der Waals surface area contributed by atoms with Crippen molar-refractivity contribution in [2.45, 2.75) is 13.5 Å². The normalized spacial score (nSPS) is 10.2. The van der Waals surface area contributed by atoms with Crippen molar-refractivity contribution >= 4 is 17.4 Å². The molecule has 0 spiro atoms. The fourth-order valence-corrected chi connectivity index (χ4v) is 1.95. The average Bonchev–Trinajstić information content (AvgIpc) is 2.40. The summed E-state index contributed by atoms with van der Waals surface area (Å²) in [6, 6.07) is 13.2. The minimum Gasteiger partial charge on any atom is -0.399 e. The van der Waals surface area contributed by atoms with E-state index in [-0.39, 0.29) is 12.5 Å². The van der Waals surface area contributed by atoms with Crippen LogP contribution in [-0.2, 0) is 11.3 Å². The SMILES string of the molecule is Cc1cccc(N(CC(N)=O)Cc2ccc(N)cc2)n1. The van der Waals surface area contributed by atoms with Crippen molar-refractivity contribution in [3.8, 4) is 0 Å². The summed E-state index contributed by atoms with van der Waals surface area (Å²) in [5.41, 5.74) is 13.6. The summed E-state index contributed by atoms with van der Waals surface area (Å²) in [6.45, 7) is 2.59. The number of rotatable bonds is 5. The Bertz CT molecular complexity index is 595. The van der Waals surface area contributed by atoms with Gasteiger partial charge in [0.15, 0.2) is 0 Å². The number of carbonyl (C=O) groups excluding carboxylic acids is 1. The third kappa shape index (κ3) is 3.71. The van der Waals surface area contributed by atoms with Gasteiger partial charge < -0.3 is 16.4 Å². The van der Waals surface area contributed by atoms with E-state index in [1.807, 2.05) is 54.3 Å². The molecule has 104 valence electrons. The molecular formula is C15H18N4O. The summed E-state index contributed by atoms with van der Waals surface area (Å²) in [4.78, 5) is 17.5.